The zero-order valence-electron chi connectivity index (χ0n) is 17.9. The zero-order chi connectivity index (χ0) is 21.5. The number of rotatable bonds is 9. The van der Waals surface area contributed by atoms with E-state index in [1.54, 1.807) is 0 Å². The second-order valence-corrected chi connectivity index (χ2v) is 8.29. The lowest BCUT2D eigenvalue weighted by molar-refractivity contribution is -0.117. The monoisotopic (exact) mass is 409 g/mol. The molecule has 1 fully saturated rings. The Balaban J connectivity index is 1.45. The number of hydrogen-bond donors (Lipinski definition) is 3. The van der Waals surface area contributed by atoms with Crippen molar-refractivity contribution in [1.82, 2.24) is 10.6 Å². The smallest absolute Gasteiger partial charge is 0.315 e. The van der Waals surface area contributed by atoms with Crippen LogP contribution in [0.1, 0.15) is 50.8 Å². The number of hydrogen-bond acceptors (Lipinski definition) is 3. The molecule has 1 aliphatic rings. The predicted molar refractivity (Wildman–Crippen MR) is 118 cm³/mol. The number of nitrogens with one attached hydrogen (secondary N) is 3. The first-order valence-electron chi connectivity index (χ1n) is 10.6. The van der Waals surface area contributed by atoms with Crippen LogP contribution in [-0.2, 0) is 11.3 Å². The Bertz CT molecular complexity index is 860. The van der Waals surface area contributed by atoms with Crippen LogP contribution in [0.2, 0.25) is 0 Å². The van der Waals surface area contributed by atoms with E-state index in [1.165, 1.54) is 0 Å². The van der Waals surface area contributed by atoms with Crippen LogP contribution in [0.3, 0.4) is 0 Å². The van der Waals surface area contributed by atoms with Gasteiger partial charge in [-0.25, -0.2) is 4.79 Å². The largest absolute Gasteiger partial charge is 0.493 e. The molecule has 1 unspecified atom stereocenters. The first kappa shape index (κ1) is 21.7. The van der Waals surface area contributed by atoms with Gasteiger partial charge in [-0.1, -0.05) is 38.1 Å². The van der Waals surface area contributed by atoms with Gasteiger partial charge in [0.15, 0.2) is 0 Å². The van der Waals surface area contributed by atoms with Crippen molar-refractivity contribution in [2.24, 2.45) is 11.8 Å². The highest BCUT2D eigenvalue weighted by Crippen LogP contribution is 2.30. The lowest BCUT2D eigenvalue weighted by atomic mass is 10.1. The third-order valence-electron chi connectivity index (χ3n) is 4.91. The fraction of sp³-hybridized carbons (Fsp3) is 0.417. The minimum absolute atomic E-state index is 0.0898. The Morgan fingerprint density at radius 1 is 1.07 bits per heavy atom. The molecule has 30 heavy (non-hydrogen) atoms. The van der Waals surface area contributed by atoms with Crippen molar-refractivity contribution < 1.29 is 14.3 Å². The molecule has 0 spiro atoms. The highest BCUT2D eigenvalue weighted by Gasteiger charge is 2.29. The molecule has 3 amide bonds. The summed E-state index contributed by atoms with van der Waals surface area (Å²) in [4.78, 5) is 24.1. The Labute approximate surface area is 178 Å². The van der Waals surface area contributed by atoms with Crippen LogP contribution in [0.5, 0.6) is 5.75 Å². The van der Waals surface area contributed by atoms with Gasteiger partial charge >= 0.3 is 6.03 Å². The first-order chi connectivity index (χ1) is 14.4. The van der Waals surface area contributed by atoms with Gasteiger partial charge in [0.2, 0.25) is 5.91 Å². The van der Waals surface area contributed by atoms with Crippen LogP contribution in [0, 0.1) is 11.8 Å². The van der Waals surface area contributed by atoms with Gasteiger partial charge in [-0.3, -0.25) is 4.79 Å². The van der Waals surface area contributed by atoms with Gasteiger partial charge in [0.05, 0.1) is 12.6 Å². The maximum Gasteiger partial charge on any atom is 0.315 e. The van der Waals surface area contributed by atoms with E-state index >= 15 is 0 Å². The van der Waals surface area contributed by atoms with E-state index in [0.717, 1.165) is 35.4 Å². The summed E-state index contributed by atoms with van der Waals surface area (Å²) in [6.07, 6.45) is 1.96. The minimum Gasteiger partial charge on any atom is -0.493 e. The van der Waals surface area contributed by atoms with Crippen molar-refractivity contribution in [1.29, 1.82) is 0 Å². The molecule has 2 aromatic rings. The number of amides is 3. The molecule has 160 valence electrons. The van der Waals surface area contributed by atoms with Gasteiger partial charge in [0.25, 0.3) is 0 Å². The van der Waals surface area contributed by atoms with Crippen LogP contribution in [0.4, 0.5) is 10.5 Å². The quantitative estimate of drug-likeness (QED) is 0.565. The van der Waals surface area contributed by atoms with Gasteiger partial charge < -0.3 is 20.7 Å². The lowest BCUT2D eigenvalue weighted by Gasteiger charge is -2.16. The second kappa shape index (κ2) is 10.1. The standard InChI is InChI=1S/C24H31N3O3/c1-16(2)15-30-22-6-4-5-18(13-22)14-25-24(29)26-17(3)19-9-11-21(12-10-19)27-23(28)20-7-8-20/h4-6,9-13,16-17,20H,7-8,14-15H2,1-3H3,(H,27,28)(H2,25,26,29). The Kier molecular flexibility index (Phi) is 7.33. The molecule has 3 rings (SSSR count). The summed E-state index contributed by atoms with van der Waals surface area (Å²) in [6, 6.07) is 14.9. The molecule has 0 heterocycles. The normalized spacial score (nSPS) is 14.1. The lowest BCUT2D eigenvalue weighted by Crippen LogP contribution is -2.36. The van der Waals surface area contributed by atoms with E-state index in [-0.39, 0.29) is 23.9 Å². The Morgan fingerprint density at radius 2 is 1.80 bits per heavy atom. The molecular weight excluding hydrogens is 378 g/mol. The minimum atomic E-state index is -0.234. The molecule has 2 aromatic carbocycles. The van der Waals surface area contributed by atoms with E-state index in [0.29, 0.717) is 19.1 Å². The van der Waals surface area contributed by atoms with Gasteiger partial charge in [0, 0.05) is 18.2 Å². The molecule has 0 saturated heterocycles. The highest BCUT2D eigenvalue weighted by atomic mass is 16.5. The van der Waals surface area contributed by atoms with Gasteiger partial charge in [0.1, 0.15) is 5.75 Å². The third-order valence-corrected chi connectivity index (χ3v) is 4.91. The predicted octanol–water partition coefficient (Wildman–Crippen LogP) is 4.63. The molecule has 1 saturated carbocycles. The number of urea groups is 1. The fourth-order valence-corrected chi connectivity index (χ4v) is 2.97. The molecular formula is C24H31N3O3. The number of carbonyl (C=O) groups is 2. The topological polar surface area (TPSA) is 79.5 Å². The molecule has 1 atom stereocenters. The molecule has 6 nitrogen and oxygen atoms in total. The van der Waals surface area contributed by atoms with Crippen LogP contribution in [0.25, 0.3) is 0 Å². The van der Waals surface area contributed by atoms with Crippen molar-refractivity contribution >= 4 is 17.6 Å². The fourth-order valence-electron chi connectivity index (χ4n) is 2.97. The number of benzene rings is 2. The summed E-state index contributed by atoms with van der Waals surface area (Å²) in [7, 11) is 0. The molecule has 0 aliphatic heterocycles. The summed E-state index contributed by atoms with van der Waals surface area (Å²) < 4.78 is 5.73. The first-order valence-corrected chi connectivity index (χ1v) is 10.6. The summed E-state index contributed by atoms with van der Waals surface area (Å²) in [5.41, 5.74) is 2.74. The number of carbonyl (C=O) groups excluding carboxylic acids is 2. The van der Waals surface area contributed by atoms with Crippen LogP contribution >= 0.6 is 0 Å². The average molecular weight is 410 g/mol. The zero-order valence-corrected chi connectivity index (χ0v) is 17.9. The van der Waals surface area contributed by atoms with E-state index in [4.69, 9.17) is 4.74 Å². The number of anilines is 1. The summed E-state index contributed by atoms with van der Waals surface area (Å²) in [5, 5.41) is 8.75. The van der Waals surface area contributed by atoms with E-state index < -0.39 is 0 Å². The Morgan fingerprint density at radius 3 is 2.47 bits per heavy atom. The molecule has 1 aliphatic carbocycles. The van der Waals surface area contributed by atoms with Crippen LogP contribution in [0.15, 0.2) is 48.5 Å². The van der Waals surface area contributed by atoms with E-state index in [9.17, 15) is 9.59 Å². The third kappa shape index (κ3) is 6.79. The molecule has 3 N–H and O–H groups in total. The van der Waals surface area contributed by atoms with E-state index in [2.05, 4.69) is 29.8 Å². The van der Waals surface area contributed by atoms with Crippen LogP contribution < -0.4 is 20.7 Å². The van der Waals surface area contributed by atoms with Crippen molar-refractivity contribution in [3.63, 3.8) is 0 Å². The van der Waals surface area contributed by atoms with Crippen molar-refractivity contribution in [2.75, 3.05) is 11.9 Å². The van der Waals surface area contributed by atoms with E-state index in [1.807, 2.05) is 55.5 Å². The molecule has 0 bridgehead atoms. The summed E-state index contributed by atoms with van der Waals surface area (Å²) in [6.45, 7) is 7.22. The average Bonchev–Trinajstić information content (AvgIpc) is 3.57. The van der Waals surface area contributed by atoms with Gasteiger partial charge in [-0.2, -0.15) is 0 Å². The molecule has 0 radical (unpaired) electrons. The number of ether oxygens (including phenoxy) is 1. The SMILES string of the molecule is CC(C)COc1cccc(CNC(=O)NC(C)c2ccc(NC(=O)C3CC3)cc2)c1. The highest BCUT2D eigenvalue weighted by molar-refractivity contribution is 5.94. The van der Waals surface area contributed by atoms with Crippen LogP contribution in [-0.4, -0.2) is 18.5 Å². The summed E-state index contributed by atoms with van der Waals surface area (Å²) >= 11 is 0. The maximum absolute atomic E-state index is 12.3. The van der Waals surface area contributed by atoms with Gasteiger partial charge in [-0.15, -0.1) is 0 Å². The maximum atomic E-state index is 12.3. The van der Waals surface area contributed by atoms with Gasteiger partial charge in [-0.05, 0) is 61.1 Å². The van der Waals surface area contributed by atoms with Crippen molar-refractivity contribution in [3.05, 3.63) is 59.7 Å². The summed E-state index contributed by atoms with van der Waals surface area (Å²) in [5.74, 6) is 1.54. The second-order valence-electron chi connectivity index (χ2n) is 8.29. The molecule has 0 aromatic heterocycles. The van der Waals surface area contributed by atoms with Crippen molar-refractivity contribution in [3.8, 4) is 5.75 Å². The molecule has 6 heteroatoms. The van der Waals surface area contributed by atoms with Crippen molar-refractivity contribution in [2.45, 2.75) is 46.2 Å². The Hall–Kier alpha value is -3.02.